The summed E-state index contributed by atoms with van der Waals surface area (Å²) in [6.07, 6.45) is 0. The average molecular weight is 335 g/mol. The first-order chi connectivity index (χ1) is 9.35. The predicted octanol–water partition coefficient (Wildman–Crippen LogP) is 4.04. The summed E-state index contributed by atoms with van der Waals surface area (Å²) in [5.74, 6) is -0.987. The summed E-state index contributed by atoms with van der Waals surface area (Å²) in [6.45, 7) is 0. The molecule has 0 aliphatic rings. The van der Waals surface area contributed by atoms with E-state index in [-0.39, 0.29) is 16.3 Å². The van der Waals surface area contributed by atoms with Gasteiger partial charge in [0.25, 0.3) is 0 Å². The van der Waals surface area contributed by atoms with Crippen LogP contribution in [0.1, 0.15) is 5.56 Å². The molecule has 7 heteroatoms. The highest BCUT2D eigenvalue weighted by Gasteiger charge is 2.16. The van der Waals surface area contributed by atoms with E-state index < -0.39 is 21.7 Å². The maximum Gasteiger partial charge on any atom is 0.313 e. The molecule has 3 nitrogen and oxygen atoms in total. The fraction of sp³-hybridized carbons (Fsp3) is 0.0769. The zero-order chi connectivity index (χ0) is 14.8. The summed E-state index contributed by atoms with van der Waals surface area (Å²) < 4.78 is 41.7. The lowest BCUT2D eigenvalue weighted by Crippen LogP contribution is -2.12. The van der Waals surface area contributed by atoms with E-state index in [1.165, 1.54) is 36.4 Å². The minimum atomic E-state index is -3.93. The van der Waals surface area contributed by atoms with Crippen LogP contribution < -0.4 is 4.18 Å². The van der Waals surface area contributed by atoms with Crippen LogP contribution in [0.4, 0.5) is 4.39 Å². The second-order valence-corrected chi connectivity index (χ2v) is 6.40. The molecule has 0 amide bonds. The first-order valence-corrected chi connectivity index (χ1v) is 7.81. The van der Waals surface area contributed by atoms with Crippen LogP contribution in [-0.2, 0) is 15.9 Å². The van der Waals surface area contributed by atoms with E-state index >= 15 is 0 Å². The lowest BCUT2D eigenvalue weighted by atomic mass is 10.2. The Morgan fingerprint density at radius 2 is 1.85 bits per heavy atom. The van der Waals surface area contributed by atoms with Gasteiger partial charge in [0, 0.05) is 5.02 Å². The van der Waals surface area contributed by atoms with Crippen molar-refractivity contribution in [1.82, 2.24) is 0 Å². The summed E-state index contributed by atoms with van der Waals surface area (Å²) in [4.78, 5) is 0. The van der Waals surface area contributed by atoms with E-state index in [1.54, 1.807) is 0 Å². The van der Waals surface area contributed by atoms with E-state index in [2.05, 4.69) is 0 Å². The monoisotopic (exact) mass is 334 g/mol. The van der Waals surface area contributed by atoms with Crippen molar-refractivity contribution in [3.8, 4) is 5.75 Å². The Morgan fingerprint density at radius 1 is 1.10 bits per heavy atom. The van der Waals surface area contributed by atoms with Crippen LogP contribution in [0.25, 0.3) is 0 Å². The lowest BCUT2D eigenvalue weighted by Gasteiger charge is -2.08. The van der Waals surface area contributed by atoms with Crippen LogP contribution in [0.2, 0.25) is 10.0 Å². The fourth-order valence-electron chi connectivity index (χ4n) is 1.54. The smallest absolute Gasteiger partial charge is 0.313 e. The summed E-state index contributed by atoms with van der Waals surface area (Å²) in [5, 5.41) is 0.449. The van der Waals surface area contributed by atoms with Crippen LogP contribution in [0.15, 0.2) is 42.5 Å². The van der Waals surface area contributed by atoms with Crippen molar-refractivity contribution in [2.24, 2.45) is 0 Å². The highest BCUT2D eigenvalue weighted by molar-refractivity contribution is 7.86. The molecule has 106 valence electrons. The fourth-order valence-corrected chi connectivity index (χ4v) is 3.10. The van der Waals surface area contributed by atoms with E-state index in [0.29, 0.717) is 5.02 Å². The molecule has 0 saturated carbocycles. The largest absolute Gasteiger partial charge is 0.381 e. The number of rotatable bonds is 4. The molecule has 0 aliphatic carbocycles. The molecule has 0 aliphatic heterocycles. The van der Waals surface area contributed by atoms with Gasteiger partial charge in [0.2, 0.25) is 0 Å². The van der Waals surface area contributed by atoms with Gasteiger partial charge in [0.15, 0.2) is 5.75 Å². The third-order valence-electron chi connectivity index (χ3n) is 2.34. The van der Waals surface area contributed by atoms with Crippen molar-refractivity contribution < 1.29 is 17.0 Å². The summed E-state index contributed by atoms with van der Waals surface area (Å²) >= 11 is 11.5. The van der Waals surface area contributed by atoms with Gasteiger partial charge in [-0.2, -0.15) is 8.42 Å². The second-order valence-electron chi connectivity index (χ2n) is 3.99. The Morgan fingerprint density at radius 3 is 2.50 bits per heavy atom. The third-order valence-corrected chi connectivity index (χ3v) is 3.99. The molecule has 0 aromatic heterocycles. The van der Waals surface area contributed by atoms with Crippen molar-refractivity contribution >= 4 is 33.3 Å². The molecule has 0 unspecified atom stereocenters. The molecule has 0 N–H and O–H groups in total. The van der Waals surface area contributed by atoms with Gasteiger partial charge < -0.3 is 4.18 Å². The average Bonchev–Trinajstić information content (AvgIpc) is 2.32. The zero-order valence-corrected chi connectivity index (χ0v) is 12.3. The van der Waals surface area contributed by atoms with Crippen molar-refractivity contribution in [2.75, 3.05) is 0 Å². The Bertz CT molecular complexity index is 732. The SMILES string of the molecule is O=S(=O)(Cc1cccc(F)c1)Oc1ccc(Cl)cc1Cl. The highest BCUT2D eigenvalue weighted by atomic mass is 35.5. The number of hydrogen-bond acceptors (Lipinski definition) is 3. The van der Waals surface area contributed by atoms with Crippen molar-refractivity contribution in [2.45, 2.75) is 5.75 Å². The molecule has 0 atom stereocenters. The molecule has 20 heavy (non-hydrogen) atoms. The molecular formula is C13H9Cl2FO3S. The standard InChI is InChI=1S/C13H9Cl2FO3S/c14-10-4-5-13(12(15)7-10)19-20(17,18)8-9-2-1-3-11(16)6-9/h1-7H,8H2. The molecule has 0 bridgehead atoms. The Hall–Kier alpha value is -1.30. The summed E-state index contributed by atoms with van der Waals surface area (Å²) in [5.41, 5.74) is 0.287. The van der Waals surface area contributed by atoms with Gasteiger partial charge in [-0.1, -0.05) is 35.3 Å². The number of halogens is 3. The van der Waals surface area contributed by atoms with E-state index in [4.69, 9.17) is 27.4 Å². The molecule has 2 aromatic carbocycles. The Balaban J connectivity index is 2.19. The minimum Gasteiger partial charge on any atom is -0.381 e. The molecule has 0 radical (unpaired) electrons. The highest BCUT2D eigenvalue weighted by Crippen LogP contribution is 2.29. The lowest BCUT2D eigenvalue weighted by molar-refractivity contribution is 0.485. The van der Waals surface area contributed by atoms with E-state index in [1.807, 2.05) is 0 Å². The van der Waals surface area contributed by atoms with Gasteiger partial charge in [-0.25, -0.2) is 4.39 Å². The quantitative estimate of drug-likeness (QED) is 0.792. The Kier molecular flexibility index (Phi) is 4.52. The zero-order valence-electron chi connectivity index (χ0n) is 10.0. The molecule has 0 heterocycles. The molecule has 2 aromatic rings. The van der Waals surface area contributed by atoms with Crippen LogP contribution in [0.3, 0.4) is 0 Å². The molecule has 0 spiro atoms. The van der Waals surface area contributed by atoms with Crippen molar-refractivity contribution in [3.05, 3.63) is 63.9 Å². The van der Waals surface area contributed by atoms with Crippen molar-refractivity contribution in [3.63, 3.8) is 0 Å². The van der Waals surface area contributed by atoms with E-state index in [9.17, 15) is 12.8 Å². The normalized spacial score (nSPS) is 11.3. The van der Waals surface area contributed by atoms with Crippen LogP contribution >= 0.6 is 23.2 Å². The Labute approximate surface area is 126 Å². The second kappa shape index (κ2) is 5.99. The summed E-state index contributed by atoms with van der Waals surface area (Å²) in [6, 6.07) is 9.46. The van der Waals surface area contributed by atoms with Gasteiger partial charge in [-0.15, -0.1) is 0 Å². The number of hydrogen-bond donors (Lipinski definition) is 0. The minimum absolute atomic E-state index is 0.0209. The maximum absolute atomic E-state index is 13.0. The number of benzene rings is 2. The van der Waals surface area contributed by atoms with Gasteiger partial charge in [0.1, 0.15) is 11.6 Å². The van der Waals surface area contributed by atoms with Gasteiger partial charge in [-0.05, 0) is 35.9 Å². The van der Waals surface area contributed by atoms with Crippen molar-refractivity contribution in [1.29, 1.82) is 0 Å². The van der Waals surface area contributed by atoms with Gasteiger partial charge in [-0.3, -0.25) is 0 Å². The van der Waals surface area contributed by atoms with E-state index in [0.717, 1.165) is 6.07 Å². The van der Waals surface area contributed by atoms with Gasteiger partial charge >= 0.3 is 10.1 Å². The first kappa shape index (κ1) is 15.1. The third kappa shape index (κ3) is 4.10. The van der Waals surface area contributed by atoms with Crippen LogP contribution in [0, 0.1) is 5.82 Å². The molecule has 0 fully saturated rings. The molecular weight excluding hydrogens is 326 g/mol. The molecule has 2 rings (SSSR count). The summed E-state index contributed by atoms with van der Waals surface area (Å²) in [7, 11) is -3.93. The van der Waals surface area contributed by atoms with Crippen LogP contribution in [-0.4, -0.2) is 8.42 Å². The topological polar surface area (TPSA) is 43.4 Å². The van der Waals surface area contributed by atoms with Gasteiger partial charge in [0.05, 0.1) is 5.02 Å². The predicted molar refractivity (Wildman–Crippen MR) is 76.1 cm³/mol. The van der Waals surface area contributed by atoms with Crippen LogP contribution in [0.5, 0.6) is 5.75 Å². The first-order valence-electron chi connectivity index (χ1n) is 5.47. The molecule has 0 saturated heterocycles. The maximum atomic E-state index is 13.0.